The maximum atomic E-state index is 14.5. The van der Waals surface area contributed by atoms with E-state index < -0.39 is 0 Å². The molecule has 0 atom stereocenters. The zero-order chi connectivity index (χ0) is 34.5. The van der Waals surface area contributed by atoms with E-state index in [0.717, 1.165) is 39.4 Å². The summed E-state index contributed by atoms with van der Waals surface area (Å²) in [7, 11) is 3.32. The van der Waals surface area contributed by atoms with Crippen molar-refractivity contribution in [1.29, 1.82) is 0 Å². The van der Waals surface area contributed by atoms with E-state index in [2.05, 4.69) is 15.1 Å². The number of anilines is 4. The summed E-state index contributed by atoms with van der Waals surface area (Å²) in [5.41, 5.74) is 4.95. The van der Waals surface area contributed by atoms with E-state index in [1.807, 2.05) is 65.8 Å². The minimum atomic E-state index is -0.378. The quantitative estimate of drug-likeness (QED) is 0.177. The number of rotatable bonds is 10. The molecule has 0 bridgehead atoms. The van der Waals surface area contributed by atoms with E-state index in [9.17, 15) is 4.39 Å². The lowest BCUT2D eigenvalue weighted by Crippen LogP contribution is -2.38. The normalized spacial score (nSPS) is 13.9. The number of fused-ring (bicyclic) bond motifs is 1. The van der Waals surface area contributed by atoms with E-state index in [0.29, 0.717) is 80.9 Å². The first-order valence-electron chi connectivity index (χ1n) is 16.4. The molecule has 0 amide bonds. The molecule has 2 aromatic heterocycles. The molecule has 0 unspecified atom stereocenters. The number of nitrogens with one attached hydrogen (secondary N) is 1. The monoisotopic (exact) mass is 692 g/mol. The number of morpholine rings is 1. The van der Waals surface area contributed by atoms with E-state index in [1.165, 1.54) is 6.07 Å². The number of aromatic nitrogens is 4. The number of para-hydroxylation sites is 1. The zero-order valence-corrected chi connectivity index (χ0v) is 28.7. The third kappa shape index (κ3) is 7.28. The fourth-order valence-electron chi connectivity index (χ4n) is 6.04. The molecule has 3 aromatic carbocycles. The molecule has 1 fully saturated rings. The van der Waals surface area contributed by atoms with Crippen molar-refractivity contribution in [2.24, 2.45) is 0 Å². The Labute approximate surface area is 295 Å². The highest BCUT2D eigenvalue weighted by Crippen LogP contribution is 2.36. The average Bonchev–Trinajstić information content (AvgIpc) is 3.60. The van der Waals surface area contributed by atoms with Gasteiger partial charge in [0.05, 0.1) is 38.8 Å². The molecule has 0 aliphatic carbocycles. The number of nitrogens with zero attached hydrogens (tertiary/aromatic N) is 7. The van der Waals surface area contributed by atoms with Crippen LogP contribution in [0.5, 0.6) is 11.5 Å². The molecule has 0 spiro atoms. The predicted molar refractivity (Wildman–Crippen MR) is 196 cm³/mol. The van der Waals surface area contributed by atoms with Gasteiger partial charge in [-0.2, -0.15) is 4.98 Å². The highest BCUT2D eigenvalue weighted by molar-refractivity contribution is 7.80. The van der Waals surface area contributed by atoms with Crippen LogP contribution in [0, 0.1) is 5.82 Å². The van der Waals surface area contributed by atoms with Gasteiger partial charge in [0.2, 0.25) is 11.9 Å². The molecule has 4 heterocycles. The summed E-state index contributed by atoms with van der Waals surface area (Å²) in [6, 6.07) is 22.5. The number of benzene rings is 3. The van der Waals surface area contributed by atoms with Gasteiger partial charge < -0.3 is 34.2 Å². The Morgan fingerprint density at radius 1 is 0.860 bits per heavy atom. The SMILES string of the molecule is COc1ccc(CN(Cc2ccc(OC)cc2)c2ncc(-c3nc(N4CCOCC4)nc4c3CCN4C(=S)Nc3ccccc3F)cn2)cc1. The Morgan fingerprint density at radius 3 is 2.08 bits per heavy atom. The lowest BCUT2D eigenvalue weighted by Gasteiger charge is -2.28. The van der Waals surface area contributed by atoms with Crippen LogP contribution in [0.2, 0.25) is 0 Å². The smallest absolute Gasteiger partial charge is 0.228 e. The van der Waals surface area contributed by atoms with Crippen LogP contribution in [0.4, 0.5) is 27.8 Å². The molecule has 1 saturated heterocycles. The van der Waals surface area contributed by atoms with Crippen LogP contribution in [0.25, 0.3) is 11.3 Å². The first-order chi connectivity index (χ1) is 24.5. The average molecular weight is 693 g/mol. The van der Waals surface area contributed by atoms with Gasteiger partial charge in [-0.1, -0.05) is 36.4 Å². The van der Waals surface area contributed by atoms with Crippen molar-refractivity contribution >= 4 is 40.7 Å². The van der Waals surface area contributed by atoms with Crippen LogP contribution in [-0.4, -0.2) is 72.1 Å². The Kier molecular flexibility index (Phi) is 9.94. The summed E-state index contributed by atoms with van der Waals surface area (Å²) in [5, 5.41) is 3.43. The van der Waals surface area contributed by atoms with Gasteiger partial charge in [-0.05, 0) is 66.2 Å². The number of hydrogen-bond acceptors (Lipinski definition) is 10. The van der Waals surface area contributed by atoms with Crippen LogP contribution < -0.4 is 29.5 Å². The molecule has 0 saturated carbocycles. The summed E-state index contributed by atoms with van der Waals surface area (Å²) >= 11 is 5.78. The molecule has 0 radical (unpaired) electrons. The standard InChI is InChI=1S/C37H37FN8O3S/c1-47-28-11-7-25(8-12-28)23-45(24-26-9-13-29(48-2)14-10-26)35-39-21-27(22-40-35)33-30-15-16-46(37(50)41-32-6-4-3-5-31(32)38)34(30)43-36(42-33)44-17-19-49-20-18-44/h3-14,21-22H,15-20,23-24H2,1-2H3,(H,41,50). The molecule has 256 valence electrons. The molecular formula is C37H37FN8O3S. The summed E-state index contributed by atoms with van der Waals surface area (Å²) in [6.45, 7) is 4.24. The van der Waals surface area contributed by atoms with E-state index in [-0.39, 0.29) is 5.82 Å². The molecule has 5 aromatic rings. The van der Waals surface area contributed by atoms with Gasteiger partial charge in [-0.15, -0.1) is 0 Å². The third-order valence-electron chi connectivity index (χ3n) is 8.73. The zero-order valence-electron chi connectivity index (χ0n) is 27.9. The summed E-state index contributed by atoms with van der Waals surface area (Å²) in [4.78, 5) is 26.0. The minimum Gasteiger partial charge on any atom is -0.497 e. The van der Waals surface area contributed by atoms with Gasteiger partial charge in [0.25, 0.3) is 0 Å². The van der Waals surface area contributed by atoms with Crippen LogP contribution >= 0.6 is 12.2 Å². The Hall–Kier alpha value is -5.40. The van der Waals surface area contributed by atoms with E-state index in [1.54, 1.807) is 32.4 Å². The van der Waals surface area contributed by atoms with Crippen molar-refractivity contribution < 1.29 is 18.6 Å². The maximum absolute atomic E-state index is 14.5. The van der Waals surface area contributed by atoms with Crippen molar-refractivity contribution in [2.45, 2.75) is 19.5 Å². The fourth-order valence-corrected chi connectivity index (χ4v) is 6.32. The van der Waals surface area contributed by atoms with Gasteiger partial charge in [0, 0.05) is 56.2 Å². The molecule has 50 heavy (non-hydrogen) atoms. The largest absolute Gasteiger partial charge is 0.497 e. The van der Waals surface area contributed by atoms with Crippen LogP contribution in [0.1, 0.15) is 16.7 Å². The highest BCUT2D eigenvalue weighted by atomic mass is 32.1. The van der Waals surface area contributed by atoms with Crippen molar-refractivity contribution in [3.63, 3.8) is 0 Å². The fraction of sp³-hybridized carbons (Fsp3) is 0.270. The lowest BCUT2D eigenvalue weighted by atomic mass is 10.1. The highest BCUT2D eigenvalue weighted by Gasteiger charge is 2.31. The van der Waals surface area contributed by atoms with Gasteiger partial charge in [-0.25, -0.2) is 19.3 Å². The molecule has 1 N–H and O–H groups in total. The number of methoxy groups -OCH3 is 2. The number of thiocarbonyl (C=S) groups is 1. The van der Waals surface area contributed by atoms with Crippen molar-refractivity contribution in [3.05, 3.63) is 108 Å². The first kappa shape index (κ1) is 33.1. The second kappa shape index (κ2) is 15.0. The van der Waals surface area contributed by atoms with Crippen molar-refractivity contribution in [1.82, 2.24) is 19.9 Å². The maximum Gasteiger partial charge on any atom is 0.228 e. The Bertz CT molecular complexity index is 1890. The van der Waals surface area contributed by atoms with Gasteiger partial charge in [-0.3, -0.25) is 0 Å². The van der Waals surface area contributed by atoms with Gasteiger partial charge >= 0.3 is 0 Å². The van der Waals surface area contributed by atoms with Gasteiger partial charge in [0.15, 0.2) is 5.11 Å². The molecule has 13 heteroatoms. The number of halogens is 1. The molecule has 2 aliphatic rings. The third-order valence-corrected chi connectivity index (χ3v) is 9.05. The van der Waals surface area contributed by atoms with E-state index in [4.69, 9.17) is 46.4 Å². The molecule has 7 rings (SSSR count). The van der Waals surface area contributed by atoms with Crippen LogP contribution in [0.15, 0.2) is 85.2 Å². The topological polar surface area (TPSA) is 101 Å². The number of hydrogen-bond donors (Lipinski definition) is 1. The second-order valence-corrected chi connectivity index (χ2v) is 12.3. The Balaban J connectivity index is 1.21. The van der Waals surface area contributed by atoms with Crippen molar-refractivity contribution in [3.8, 4) is 22.8 Å². The summed E-state index contributed by atoms with van der Waals surface area (Å²) < 4.78 is 30.8. The minimum absolute atomic E-state index is 0.312. The van der Waals surface area contributed by atoms with E-state index >= 15 is 0 Å². The summed E-state index contributed by atoms with van der Waals surface area (Å²) in [6.07, 6.45) is 4.29. The predicted octanol–water partition coefficient (Wildman–Crippen LogP) is 5.89. The van der Waals surface area contributed by atoms with Crippen LogP contribution in [0.3, 0.4) is 0 Å². The number of ether oxygens (including phenoxy) is 3. The van der Waals surface area contributed by atoms with Gasteiger partial charge in [0.1, 0.15) is 23.1 Å². The van der Waals surface area contributed by atoms with Crippen molar-refractivity contribution in [2.75, 3.05) is 67.1 Å². The first-order valence-corrected chi connectivity index (χ1v) is 16.8. The van der Waals surface area contributed by atoms with Crippen LogP contribution in [-0.2, 0) is 24.2 Å². The molecular weight excluding hydrogens is 656 g/mol. The Morgan fingerprint density at radius 2 is 1.48 bits per heavy atom. The molecule has 2 aliphatic heterocycles. The molecule has 11 nitrogen and oxygen atoms in total. The lowest BCUT2D eigenvalue weighted by molar-refractivity contribution is 0.122. The second-order valence-electron chi connectivity index (χ2n) is 11.9. The summed E-state index contributed by atoms with van der Waals surface area (Å²) in [5.74, 6) is 3.06.